The molecule has 0 spiro atoms. The van der Waals surface area contributed by atoms with Crippen LogP contribution in [0.2, 0.25) is 0 Å². The second-order valence-corrected chi connectivity index (χ2v) is 11.0. The van der Waals surface area contributed by atoms with Gasteiger partial charge in [0.25, 0.3) is 0 Å². The number of carboxylic acids is 1. The van der Waals surface area contributed by atoms with Crippen LogP contribution in [-0.4, -0.2) is 22.9 Å². The van der Waals surface area contributed by atoms with Crippen LogP contribution in [0.25, 0.3) is 0 Å². The summed E-state index contributed by atoms with van der Waals surface area (Å²) in [6.45, 7) is 12.5. The van der Waals surface area contributed by atoms with Crippen LogP contribution in [0, 0.1) is 5.92 Å². The van der Waals surface area contributed by atoms with E-state index < -0.39 is 5.97 Å². The van der Waals surface area contributed by atoms with Crippen LogP contribution in [-0.2, 0) is 24.4 Å². The summed E-state index contributed by atoms with van der Waals surface area (Å²) < 4.78 is 8.13. The number of nitrogens with one attached hydrogen (secondary N) is 1. The van der Waals surface area contributed by atoms with Crippen molar-refractivity contribution in [3.05, 3.63) is 82.7 Å². The zero-order valence-electron chi connectivity index (χ0n) is 25.1. The van der Waals surface area contributed by atoms with E-state index >= 15 is 0 Å². The number of aliphatic carboxylic acids is 1. The standard InChI is InChI=1S/C33H44N2O4.Na/c1-6-7-16-34-30-19-27(14-15-31(30)39-22-26-12-10-25(11-13-26)18-23(2)3)33(38)29-21-35(17-8-9-32(36)37)20-28(29)24(4)5;/h10-15,19-21,23-24,34H,6-9,16-18,22H2,1-5H3,(H,36,37);/q;+1/p-1. The number of ether oxygens (including phenoxy) is 1. The molecule has 1 heterocycles. The van der Waals surface area contributed by atoms with Crippen molar-refractivity contribution in [2.75, 3.05) is 11.9 Å². The van der Waals surface area contributed by atoms with E-state index in [9.17, 15) is 14.7 Å². The molecule has 0 radical (unpaired) electrons. The van der Waals surface area contributed by atoms with Crippen molar-refractivity contribution in [3.8, 4) is 5.75 Å². The molecule has 0 saturated carbocycles. The van der Waals surface area contributed by atoms with Gasteiger partial charge in [-0.2, -0.15) is 0 Å². The SMILES string of the molecule is CCCCNc1cc(C(=O)c2cn(CCCC(=O)[O-])cc2C(C)C)ccc1OCc1ccc(CC(C)C)cc1.[Na+]. The summed E-state index contributed by atoms with van der Waals surface area (Å²) in [6.07, 6.45) is 7.38. The summed E-state index contributed by atoms with van der Waals surface area (Å²) in [5.41, 5.74) is 5.43. The van der Waals surface area contributed by atoms with Crippen molar-refractivity contribution in [2.45, 2.75) is 85.8 Å². The van der Waals surface area contributed by atoms with Gasteiger partial charge in [0.2, 0.25) is 0 Å². The van der Waals surface area contributed by atoms with Crippen LogP contribution < -0.4 is 44.7 Å². The smallest absolute Gasteiger partial charge is 0.550 e. The van der Waals surface area contributed by atoms with Crippen LogP contribution in [0.5, 0.6) is 5.75 Å². The molecule has 210 valence electrons. The molecule has 3 rings (SSSR count). The minimum Gasteiger partial charge on any atom is -0.550 e. The fourth-order valence-electron chi connectivity index (χ4n) is 4.61. The Morgan fingerprint density at radius 2 is 1.68 bits per heavy atom. The normalized spacial score (nSPS) is 11.0. The molecule has 0 aliphatic heterocycles. The third kappa shape index (κ3) is 10.1. The molecule has 1 N–H and O–H groups in total. The molecule has 0 saturated heterocycles. The number of aromatic nitrogens is 1. The number of hydrogen-bond acceptors (Lipinski definition) is 5. The van der Waals surface area contributed by atoms with E-state index in [4.69, 9.17) is 4.74 Å². The molecule has 3 aromatic rings. The molecule has 0 bridgehead atoms. The van der Waals surface area contributed by atoms with Gasteiger partial charge in [-0.1, -0.05) is 65.3 Å². The van der Waals surface area contributed by atoms with Gasteiger partial charge in [0.15, 0.2) is 5.78 Å². The van der Waals surface area contributed by atoms with Gasteiger partial charge < -0.3 is 24.5 Å². The Hall–Kier alpha value is -2.54. The second-order valence-electron chi connectivity index (χ2n) is 11.0. The molecular weight excluding hydrogens is 511 g/mol. The predicted octanol–water partition coefficient (Wildman–Crippen LogP) is 3.37. The van der Waals surface area contributed by atoms with Crippen molar-refractivity contribution < 1.29 is 49.0 Å². The minimum atomic E-state index is -1.06. The number of unbranched alkanes of at least 4 members (excludes halogenated alkanes) is 1. The summed E-state index contributed by atoms with van der Waals surface area (Å²) in [4.78, 5) is 24.5. The number of carboxylic acid groups (broad SMARTS) is 1. The first-order valence-corrected chi connectivity index (χ1v) is 14.2. The van der Waals surface area contributed by atoms with E-state index in [0.29, 0.717) is 36.6 Å². The van der Waals surface area contributed by atoms with E-state index in [0.717, 1.165) is 48.4 Å². The quantitative estimate of drug-likeness (QED) is 0.167. The number of carbonyl (C=O) groups excluding carboxylic acids is 2. The molecule has 7 heteroatoms. The molecule has 0 aliphatic rings. The number of hydrogen-bond donors (Lipinski definition) is 1. The summed E-state index contributed by atoms with van der Waals surface area (Å²) in [7, 11) is 0. The largest absolute Gasteiger partial charge is 1.00 e. The Balaban J connectivity index is 0.00000560. The van der Waals surface area contributed by atoms with Crippen LogP contribution >= 0.6 is 0 Å². The van der Waals surface area contributed by atoms with E-state index in [2.05, 4.69) is 64.2 Å². The van der Waals surface area contributed by atoms with Gasteiger partial charge in [-0.15, -0.1) is 0 Å². The Kier molecular flexibility index (Phi) is 14.0. The summed E-state index contributed by atoms with van der Waals surface area (Å²) in [5, 5.41) is 14.3. The second kappa shape index (κ2) is 16.7. The fourth-order valence-corrected chi connectivity index (χ4v) is 4.61. The maximum Gasteiger partial charge on any atom is 1.00 e. The molecule has 1 aromatic heterocycles. The number of benzene rings is 2. The summed E-state index contributed by atoms with van der Waals surface area (Å²) in [5.74, 6) is 0.384. The fraction of sp³-hybridized carbons (Fsp3) is 0.455. The third-order valence-corrected chi connectivity index (χ3v) is 6.72. The Labute approximate surface area is 261 Å². The average molecular weight is 555 g/mol. The predicted molar refractivity (Wildman–Crippen MR) is 155 cm³/mol. The first-order chi connectivity index (χ1) is 18.7. The first kappa shape index (κ1) is 33.7. The van der Waals surface area contributed by atoms with Crippen LogP contribution in [0.4, 0.5) is 5.69 Å². The van der Waals surface area contributed by atoms with Crippen molar-refractivity contribution in [1.82, 2.24) is 4.57 Å². The molecule has 2 aromatic carbocycles. The average Bonchev–Trinajstić information content (AvgIpc) is 3.32. The molecule has 0 atom stereocenters. The topological polar surface area (TPSA) is 83.4 Å². The summed E-state index contributed by atoms with van der Waals surface area (Å²) >= 11 is 0. The zero-order valence-corrected chi connectivity index (χ0v) is 27.1. The van der Waals surface area contributed by atoms with Gasteiger partial charge in [0, 0.05) is 42.6 Å². The zero-order chi connectivity index (χ0) is 28.4. The van der Waals surface area contributed by atoms with Gasteiger partial charge in [-0.05, 0) is 72.4 Å². The molecular formula is C33H43N2NaO4. The Morgan fingerprint density at radius 1 is 0.975 bits per heavy atom. The van der Waals surface area contributed by atoms with Crippen LogP contribution in [0.15, 0.2) is 54.9 Å². The van der Waals surface area contributed by atoms with Gasteiger partial charge in [0.1, 0.15) is 12.4 Å². The van der Waals surface area contributed by atoms with Crippen molar-refractivity contribution >= 4 is 17.4 Å². The van der Waals surface area contributed by atoms with E-state index in [1.807, 2.05) is 35.2 Å². The summed E-state index contributed by atoms with van der Waals surface area (Å²) in [6, 6.07) is 14.1. The maximum atomic E-state index is 13.7. The van der Waals surface area contributed by atoms with Gasteiger partial charge in [-0.3, -0.25) is 4.79 Å². The molecule has 0 unspecified atom stereocenters. The third-order valence-electron chi connectivity index (χ3n) is 6.72. The molecule has 0 aliphatic carbocycles. The van der Waals surface area contributed by atoms with Crippen molar-refractivity contribution in [3.63, 3.8) is 0 Å². The monoisotopic (exact) mass is 554 g/mol. The van der Waals surface area contributed by atoms with Crippen LogP contribution in [0.3, 0.4) is 0 Å². The number of ketones is 1. The van der Waals surface area contributed by atoms with Gasteiger partial charge >= 0.3 is 29.6 Å². The number of nitrogens with zero attached hydrogens (tertiary/aromatic N) is 1. The molecule has 6 nitrogen and oxygen atoms in total. The first-order valence-electron chi connectivity index (χ1n) is 14.2. The number of carbonyl (C=O) groups is 2. The van der Waals surface area contributed by atoms with Gasteiger partial charge in [-0.25, -0.2) is 0 Å². The minimum absolute atomic E-state index is 0. The van der Waals surface area contributed by atoms with Crippen molar-refractivity contribution in [2.24, 2.45) is 5.92 Å². The van der Waals surface area contributed by atoms with Crippen LogP contribution in [0.1, 0.15) is 98.8 Å². The van der Waals surface area contributed by atoms with Gasteiger partial charge in [0.05, 0.1) is 5.69 Å². The van der Waals surface area contributed by atoms with E-state index in [-0.39, 0.29) is 47.7 Å². The van der Waals surface area contributed by atoms with E-state index in [1.165, 1.54) is 5.56 Å². The van der Waals surface area contributed by atoms with E-state index in [1.54, 1.807) is 0 Å². The molecule has 40 heavy (non-hydrogen) atoms. The molecule has 0 amide bonds. The van der Waals surface area contributed by atoms with Crippen molar-refractivity contribution in [1.29, 1.82) is 0 Å². The maximum absolute atomic E-state index is 13.7. The Bertz CT molecular complexity index is 1230. The number of rotatable bonds is 16. The number of aryl methyl sites for hydroxylation is 1. The molecule has 0 fully saturated rings. The number of anilines is 1. The Morgan fingerprint density at radius 3 is 2.30 bits per heavy atom.